The zero-order valence-electron chi connectivity index (χ0n) is 23.6. The van der Waals surface area contributed by atoms with E-state index in [1.165, 1.54) is 30.0 Å². The fourth-order valence-corrected chi connectivity index (χ4v) is 5.53. The molecule has 0 aliphatic carbocycles. The van der Waals surface area contributed by atoms with E-state index in [0.717, 1.165) is 31.6 Å². The minimum Gasteiger partial charge on any atom is -0.349 e. The Morgan fingerprint density at radius 1 is 0.951 bits per heavy atom. The molecule has 216 valence electrons. The molecule has 1 aliphatic heterocycles. The smallest absolute Gasteiger partial charge is 0.331 e. The lowest BCUT2D eigenvalue weighted by molar-refractivity contribution is 0.0981. The first kappa shape index (κ1) is 28.8. The molecule has 1 amide bonds. The molecule has 0 spiro atoms. The Bertz CT molecular complexity index is 1620. The van der Waals surface area contributed by atoms with Crippen molar-refractivity contribution in [1.29, 1.82) is 0 Å². The summed E-state index contributed by atoms with van der Waals surface area (Å²) in [4.78, 5) is 55.8. The molecular formula is C30H36ClN7O3. The number of aromatic amines is 1. The van der Waals surface area contributed by atoms with Crippen molar-refractivity contribution in [3.8, 4) is 11.3 Å². The van der Waals surface area contributed by atoms with Crippen LogP contribution >= 0.6 is 11.6 Å². The topological polar surface area (TPSA) is 109 Å². The Balaban J connectivity index is 1.48. The highest BCUT2D eigenvalue weighted by molar-refractivity contribution is 6.29. The van der Waals surface area contributed by atoms with Crippen molar-refractivity contribution in [3.05, 3.63) is 74.3 Å². The molecule has 0 unspecified atom stereocenters. The van der Waals surface area contributed by atoms with Gasteiger partial charge in [-0.1, -0.05) is 31.9 Å². The van der Waals surface area contributed by atoms with Crippen molar-refractivity contribution in [3.63, 3.8) is 0 Å². The quantitative estimate of drug-likeness (QED) is 0.277. The number of fused-ring (bicyclic) bond motifs is 1. The molecule has 11 heteroatoms. The van der Waals surface area contributed by atoms with E-state index in [2.05, 4.69) is 19.9 Å². The zero-order valence-corrected chi connectivity index (χ0v) is 24.4. The zero-order chi connectivity index (χ0) is 28.9. The van der Waals surface area contributed by atoms with E-state index < -0.39 is 0 Å². The third-order valence-electron chi connectivity index (χ3n) is 7.55. The standard InChI is InChI=1S/C30H36ClN7O3/c1-3-12-36-24-18-23(34-27(24)29(40)38(13-4-2)30(36)41)21-9-11-26(33-19-21)37(17-16-35-14-6-5-7-15-35)28(39)22-8-10-25(31)32-20-22/h8-11,18-20,34H,3-7,12-17H2,1-2H3. The second-order valence-corrected chi connectivity index (χ2v) is 10.9. The molecular weight excluding hydrogens is 542 g/mol. The predicted molar refractivity (Wildman–Crippen MR) is 162 cm³/mol. The summed E-state index contributed by atoms with van der Waals surface area (Å²) in [6.45, 7) is 8.12. The highest BCUT2D eigenvalue weighted by Gasteiger charge is 2.22. The summed E-state index contributed by atoms with van der Waals surface area (Å²) in [6.07, 6.45) is 8.20. The maximum absolute atomic E-state index is 13.6. The molecule has 4 aromatic heterocycles. The van der Waals surface area contributed by atoms with Gasteiger partial charge in [-0.2, -0.15) is 0 Å². The van der Waals surface area contributed by atoms with Crippen LogP contribution in [-0.2, 0) is 13.1 Å². The van der Waals surface area contributed by atoms with Crippen LogP contribution in [0, 0.1) is 0 Å². The van der Waals surface area contributed by atoms with Gasteiger partial charge in [0.15, 0.2) is 0 Å². The highest BCUT2D eigenvalue weighted by Crippen LogP contribution is 2.24. The van der Waals surface area contributed by atoms with Crippen LogP contribution in [0.25, 0.3) is 22.3 Å². The monoisotopic (exact) mass is 577 g/mol. The molecule has 10 nitrogen and oxygen atoms in total. The van der Waals surface area contributed by atoms with Gasteiger partial charge >= 0.3 is 5.69 Å². The molecule has 1 saturated heterocycles. The van der Waals surface area contributed by atoms with E-state index in [4.69, 9.17) is 11.6 Å². The number of piperidine rings is 1. The molecule has 5 heterocycles. The fraction of sp³-hybridized carbons (Fsp3) is 0.433. The molecule has 1 aliphatic rings. The summed E-state index contributed by atoms with van der Waals surface area (Å²) in [7, 11) is 0. The number of likely N-dealkylation sites (tertiary alicyclic amines) is 1. The number of nitrogens with zero attached hydrogens (tertiary/aromatic N) is 6. The summed E-state index contributed by atoms with van der Waals surface area (Å²) in [5.74, 6) is 0.326. The van der Waals surface area contributed by atoms with Crippen LogP contribution in [-0.4, -0.2) is 61.1 Å². The van der Waals surface area contributed by atoms with Crippen molar-refractivity contribution in [2.24, 2.45) is 0 Å². The molecule has 1 N–H and O–H groups in total. The number of aromatic nitrogens is 5. The fourth-order valence-electron chi connectivity index (χ4n) is 5.41. The number of H-pyrrole nitrogens is 1. The number of amides is 1. The Morgan fingerprint density at radius 2 is 1.71 bits per heavy atom. The first-order valence-electron chi connectivity index (χ1n) is 14.4. The van der Waals surface area contributed by atoms with Gasteiger partial charge in [0.1, 0.15) is 16.5 Å². The van der Waals surface area contributed by atoms with Gasteiger partial charge in [-0.05, 0) is 69.1 Å². The van der Waals surface area contributed by atoms with E-state index in [1.807, 2.05) is 32.0 Å². The number of aryl methyl sites for hydroxylation is 1. The third kappa shape index (κ3) is 6.13. The number of hydrogen-bond acceptors (Lipinski definition) is 6. The van der Waals surface area contributed by atoms with Gasteiger partial charge < -0.3 is 9.88 Å². The Kier molecular flexibility index (Phi) is 8.99. The molecule has 0 aromatic carbocycles. The lowest BCUT2D eigenvalue weighted by Crippen LogP contribution is -2.41. The van der Waals surface area contributed by atoms with E-state index in [-0.39, 0.29) is 17.2 Å². The SMILES string of the molecule is CCCn1c(=O)c2[nH]c(-c3ccc(N(CCN4CCCCC4)C(=O)c4ccc(Cl)nc4)nc3)cc2n(CCC)c1=O. The van der Waals surface area contributed by atoms with Crippen molar-refractivity contribution in [2.45, 2.75) is 59.0 Å². The number of nitrogens with one attached hydrogen (secondary N) is 1. The summed E-state index contributed by atoms with van der Waals surface area (Å²) in [5, 5.41) is 0.327. The number of pyridine rings is 2. The van der Waals surface area contributed by atoms with Gasteiger partial charge in [0.05, 0.1) is 11.1 Å². The van der Waals surface area contributed by atoms with E-state index in [0.29, 0.717) is 59.3 Å². The third-order valence-corrected chi connectivity index (χ3v) is 7.77. The summed E-state index contributed by atoms with van der Waals surface area (Å²) < 4.78 is 2.96. The van der Waals surface area contributed by atoms with Crippen LogP contribution in [0.15, 0.2) is 52.3 Å². The average molecular weight is 578 g/mol. The minimum absolute atomic E-state index is 0.197. The Morgan fingerprint density at radius 3 is 2.37 bits per heavy atom. The normalized spacial score (nSPS) is 14.0. The predicted octanol–water partition coefficient (Wildman–Crippen LogP) is 4.55. The molecule has 41 heavy (non-hydrogen) atoms. The van der Waals surface area contributed by atoms with Gasteiger partial charge in [0.25, 0.3) is 11.5 Å². The average Bonchev–Trinajstić information content (AvgIpc) is 3.44. The van der Waals surface area contributed by atoms with Gasteiger partial charge in [-0.3, -0.25) is 23.6 Å². The van der Waals surface area contributed by atoms with Crippen LogP contribution in [0.2, 0.25) is 5.15 Å². The highest BCUT2D eigenvalue weighted by atomic mass is 35.5. The molecule has 0 saturated carbocycles. The second-order valence-electron chi connectivity index (χ2n) is 10.5. The lowest BCUT2D eigenvalue weighted by Gasteiger charge is -2.29. The molecule has 4 aromatic rings. The van der Waals surface area contributed by atoms with E-state index in [9.17, 15) is 14.4 Å². The largest absolute Gasteiger partial charge is 0.349 e. The summed E-state index contributed by atoms with van der Waals surface area (Å²) in [6, 6.07) is 8.80. The van der Waals surface area contributed by atoms with Crippen LogP contribution in [0.1, 0.15) is 56.3 Å². The van der Waals surface area contributed by atoms with Crippen LogP contribution in [0.5, 0.6) is 0 Å². The number of hydrogen-bond donors (Lipinski definition) is 1. The van der Waals surface area contributed by atoms with Crippen LogP contribution in [0.4, 0.5) is 5.82 Å². The van der Waals surface area contributed by atoms with Gasteiger partial charge in [0.2, 0.25) is 0 Å². The minimum atomic E-state index is -0.318. The number of halogens is 1. The van der Waals surface area contributed by atoms with Crippen molar-refractivity contribution in [2.75, 3.05) is 31.1 Å². The molecule has 0 radical (unpaired) electrons. The molecule has 1 fully saturated rings. The Hall–Kier alpha value is -3.76. The molecule has 0 bridgehead atoms. The number of rotatable bonds is 10. The summed E-state index contributed by atoms with van der Waals surface area (Å²) >= 11 is 5.95. The first-order chi connectivity index (χ1) is 19.9. The van der Waals surface area contributed by atoms with Crippen LogP contribution < -0.4 is 16.1 Å². The van der Waals surface area contributed by atoms with E-state index in [1.54, 1.807) is 27.8 Å². The lowest BCUT2D eigenvalue weighted by atomic mass is 10.1. The van der Waals surface area contributed by atoms with Gasteiger partial charge in [-0.15, -0.1) is 0 Å². The number of carbonyl (C=O) groups excluding carboxylic acids is 1. The maximum Gasteiger partial charge on any atom is 0.331 e. The summed E-state index contributed by atoms with van der Waals surface area (Å²) in [5.41, 5.74) is 2.25. The van der Waals surface area contributed by atoms with Crippen molar-refractivity contribution < 1.29 is 4.79 Å². The number of carbonyl (C=O) groups is 1. The van der Waals surface area contributed by atoms with Gasteiger partial charge in [-0.25, -0.2) is 14.8 Å². The van der Waals surface area contributed by atoms with Crippen molar-refractivity contribution in [1.82, 2.24) is 29.0 Å². The Labute approximate surface area is 243 Å². The van der Waals surface area contributed by atoms with Crippen LogP contribution in [0.3, 0.4) is 0 Å². The molecule has 0 atom stereocenters. The number of anilines is 1. The van der Waals surface area contributed by atoms with Gasteiger partial charge in [0, 0.05) is 49.8 Å². The van der Waals surface area contributed by atoms with Crippen molar-refractivity contribution >= 4 is 34.4 Å². The first-order valence-corrected chi connectivity index (χ1v) is 14.8. The maximum atomic E-state index is 13.6. The molecule has 5 rings (SSSR count). The van der Waals surface area contributed by atoms with E-state index >= 15 is 0 Å². The second kappa shape index (κ2) is 12.8.